The van der Waals surface area contributed by atoms with E-state index in [-0.39, 0.29) is 5.82 Å². The minimum Gasteiger partial charge on any atom is -0.372 e. The summed E-state index contributed by atoms with van der Waals surface area (Å²) in [6.45, 7) is 2.31. The second-order valence-electron chi connectivity index (χ2n) is 4.06. The van der Waals surface area contributed by atoms with E-state index in [0.29, 0.717) is 23.2 Å². The third kappa shape index (κ3) is 2.94. The van der Waals surface area contributed by atoms with Crippen LogP contribution < -0.4 is 5.32 Å². The summed E-state index contributed by atoms with van der Waals surface area (Å²) in [5.74, 6) is -0.226. The topological polar surface area (TPSA) is 25.8 Å². The van der Waals surface area contributed by atoms with Gasteiger partial charge in [-0.25, -0.2) is 4.39 Å². The predicted molar refractivity (Wildman–Crippen MR) is 60.9 cm³/mol. The van der Waals surface area contributed by atoms with E-state index < -0.39 is 0 Å². The van der Waals surface area contributed by atoms with E-state index in [1.807, 2.05) is 0 Å². The zero-order chi connectivity index (χ0) is 11.4. The van der Waals surface area contributed by atoms with Gasteiger partial charge in [0.15, 0.2) is 0 Å². The fourth-order valence-corrected chi connectivity index (χ4v) is 2.21. The maximum Gasteiger partial charge on any atom is 0.133 e. The van der Waals surface area contributed by atoms with Gasteiger partial charge in [0.2, 0.25) is 0 Å². The second kappa shape index (κ2) is 5.62. The molecule has 2 rings (SSSR count). The normalized spacial score (nSPS) is 20.2. The van der Waals surface area contributed by atoms with Gasteiger partial charge in [0.05, 0.1) is 10.6 Å². The van der Waals surface area contributed by atoms with Crippen LogP contribution in [0.25, 0.3) is 0 Å². The fourth-order valence-electron chi connectivity index (χ4n) is 1.97. The molecule has 0 aromatic heterocycles. The van der Waals surface area contributed by atoms with Crippen LogP contribution in [0.3, 0.4) is 0 Å². The number of hydrogen-bond acceptors (Lipinski definition) is 1. The first kappa shape index (κ1) is 11.8. The summed E-state index contributed by atoms with van der Waals surface area (Å²) >= 11 is 5.93. The summed E-state index contributed by atoms with van der Waals surface area (Å²) in [5.41, 5.74) is 0.585. The van der Waals surface area contributed by atoms with E-state index >= 15 is 0 Å². The quantitative estimate of drug-likeness (QED) is 0.858. The molecule has 0 aliphatic carbocycles. The maximum atomic E-state index is 13.4. The van der Waals surface area contributed by atoms with Crippen LogP contribution in [0.5, 0.6) is 0 Å². The van der Waals surface area contributed by atoms with Crippen molar-refractivity contribution in [3.8, 4) is 0 Å². The average Bonchev–Trinajstić information content (AvgIpc) is 2.75. The molecule has 16 heavy (non-hydrogen) atoms. The molecule has 0 bridgehead atoms. The van der Waals surface area contributed by atoms with Crippen LogP contribution in [-0.2, 0) is 11.3 Å². The number of benzene rings is 1. The second-order valence-corrected chi connectivity index (χ2v) is 4.47. The summed E-state index contributed by atoms with van der Waals surface area (Å²) in [7, 11) is 0. The van der Waals surface area contributed by atoms with Crippen molar-refractivity contribution in [2.24, 2.45) is 0 Å². The van der Waals surface area contributed by atoms with Crippen molar-refractivity contribution in [2.75, 3.05) is 13.2 Å². The first-order valence-electron chi connectivity index (χ1n) is 5.63. The lowest BCUT2D eigenvalue weighted by molar-refractivity contribution is -0.676. The van der Waals surface area contributed by atoms with Crippen molar-refractivity contribution in [1.29, 1.82) is 0 Å². The molecule has 1 aromatic rings. The summed E-state index contributed by atoms with van der Waals surface area (Å²) in [6, 6.07) is 4.79. The summed E-state index contributed by atoms with van der Waals surface area (Å²) in [6.07, 6.45) is 2.58. The van der Waals surface area contributed by atoms with Crippen LogP contribution in [0.4, 0.5) is 4.39 Å². The van der Waals surface area contributed by atoms with Gasteiger partial charge in [-0.2, -0.15) is 0 Å². The van der Waals surface area contributed by atoms with E-state index in [1.54, 1.807) is 12.1 Å². The molecule has 0 saturated carbocycles. The van der Waals surface area contributed by atoms with Gasteiger partial charge in [-0.3, -0.25) is 0 Å². The lowest BCUT2D eigenvalue weighted by atomic mass is 10.2. The Morgan fingerprint density at radius 3 is 3.06 bits per heavy atom. The molecule has 4 heteroatoms. The highest BCUT2D eigenvalue weighted by Gasteiger charge is 2.17. The Morgan fingerprint density at radius 2 is 2.38 bits per heavy atom. The molecule has 0 amide bonds. The Balaban J connectivity index is 1.84. The zero-order valence-corrected chi connectivity index (χ0v) is 9.84. The van der Waals surface area contributed by atoms with Gasteiger partial charge in [-0.15, -0.1) is 0 Å². The molecule has 0 unspecified atom stereocenters. The Labute approximate surface area is 99.7 Å². The van der Waals surface area contributed by atoms with Crippen LogP contribution >= 0.6 is 11.6 Å². The van der Waals surface area contributed by atoms with E-state index in [4.69, 9.17) is 16.3 Å². The van der Waals surface area contributed by atoms with Gasteiger partial charge in [-0.1, -0.05) is 17.7 Å². The molecule has 2 N–H and O–H groups in total. The first-order valence-corrected chi connectivity index (χ1v) is 6.01. The smallest absolute Gasteiger partial charge is 0.133 e. The SMILES string of the molecule is Fc1cccc(Cl)c1C[NH2+]C[C@H]1CCCO1. The molecule has 1 fully saturated rings. The monoisotopic (exact) mass is 244 g/mol. The number of quaternary nitrogens is 1. The lowest BCUT2D eigenvalue weighted by Crippen LogP contribution is -2.84. The van der Waals surface area contributed by atoms with Gasteiger partial charge in [0.1, 0.15) is 25.0 Å². The minimum absolute atomic E-state index is 0.226. The first-order chi connectivity index (χ1) is 7.77. The number of ether oxygens (including phenoxy) is 1. The predicted octanol–water partition coefficient (Wildman–Crippen LogP) is 1.72. The zero-order valence-electron chi connectivity index (χ0n) is 9.09. The number of hydrogen-bond donors (Lipinski definition) is 1. The van der Waals surface area contributed by atoms with Crippen molar-refractivity contribution in [3.63, 3.8) is 0 Å². The van der Waals surface area contributed by atoms with Gasteiger partial charge < -0.3 is 10.1 Å². The third-order valence-corrected chi connectivity index (χ3v) is 3.22. The van der Waals surface area contributed by atoms with Gasteiger partial charge in [0.25, 0.3) is 0 Å². The highest BCUT2D eigenvalue weighted by atomic mass is 35.5. The Morgan fingerprint density at radius 1 is 1.50 bits per heavy atom. The summed E-state index contributed by atoms with van der Waals surface area (Å²) in [5, 5.41) is 2.56. The molecule has 1 atom stereocenters. The lowest BCUT2D eigenvalue weighted by Gasteiger charge is -2.09. The number of nitrogens with two attached hydrogens (primary N) is 1. The molecule has 1 heterocycles. The van der Waals surface area contributed by atoms with E-state index in [2.05, 4.69) is 5.32 Å². The Kier molecular flexibility index (Phi) is 4.16. The molecule has 1 aliphatic rings. The highest BCUT2D eigenvalue weighted by molar-refractivity contribution is 6.31. The van der Waals surface area contributed by atoms with Crippen LogP contribution in [0.15, 0.2) is 18.2 Å². The molecule has 2 nitrogen and oxygen atoms in total. The average molecular weight is 245 g/mol. The molecule has 1 saturated heterocycles. The van der Waals surface area contributed by atoms with Crippen molar-refractivity contribution in [2.45, 2.75) is 25.5 Å². The molecule has 0 radical (unpaired) electrons. The van der Waals surface area contributed by atoms with Crippen LogP contribution in [0.1, 0.15) is 18.4 Å². The molecule has 1 aliphatic heterocycles. The largest absolute Gasteiger partial charge is 0.372 e. The molecular weight excluding hydrogens is 229 g/mol. The fraction of sp³-hybridized carbons (Fsp3) is 0.500. The summed E-state index contributed by atoms with van der Waals surface area (Å²) in [4.78, 5) is 0. The van der Waals surface area contributed by atoms with Crippen molar-refractivity contribution >= 4 is 11.6 Å². The molecule has 1 aromatic carbocycles. The van der Waals surface area contributed by atoms with E-state index in [9.17, 15) is 4.39 Å². The van der Waals surface area contributed by atoms with Crippen molar-refractivity contribution in [3.05, 3.63) is 34.6 Å². The van der Waals surface area contributed by atoms with Crippen molar-refractivity contribution < 1.29 is 14.4 Å². The molecule has 88 valence electrons. The van der Waals surface area contributed by atoms with Crippen LogP contribution in [0, 0.1) is 5.82 Å². The maximum absolute atomic E-state index is 13.4. The number of rotatable bonds is 4. The van der Waals surface area contributed by atoms with Crippen LogP contribution in [-0.4, -0.2) is 19.3 Å². The third-order valence-electron chi connectivity index (χ3n) is 2.86. The van der Waals surface area contributed by atoms with Gasteiger partial charge in [0, 0.05) is 6.61 Å². The number of halogens is 2. The van der Waals surface area contributed by atoms with E-state index in [1.165, 1.54) is 6.07 Å². The Bertz CT molecular complexity index is 333. The van der Waals surface area contributed by atoms with Crippen molar-refractivity contribution in [1.82, 2.24) is 0 Å². The minimum atomic E-state index is -0.226. The van der Waals surface area contributed by atoms with E-state index in [0.717, 1.165) is 26.0 Å². The standard InChI is InChI=1S/C12H15ClFNO/c13-11-4-1-5-12(14)10(11)8-15-7-9-3-2-6-16-9/h1,4-5,9,15H,2-3,6-8H2/p+1/t9-/m1/s1. The highest BCUT2D eigenvalue weighted by Crippen LogP contribution is 2.17. The summed E-state index contributed by atoms with van der Waals surface area (Å²) < 4.78 is 18.9. The molecular formula is C12H16ClFNO+. The van der Waals surface area contributed by atoms with Crippen LogP contribution in [0.2, 0.25) is 5.02 Å². The van der Waals surface area contributed by atoms with Gasteiger partial charge >= 0.3 is 0 Å². The van der Waals surface area contributed by atoms with Gasteiger partial charge in [-0.05, 0) is 25.0 Å². The Hall–Kier alpha value is -0.640. The molecule has 0 spiro atoms.